The molecule has 3 N–H and O–H groups in total. The van der Waals surface area contributed by atoms with Gasteiger partial charge >= 0.3 is 0 Å². The van der Waals surface area contributed by atoms with E-state index in [2.05, 4.69) is 19.2 Å². The van der Waals surface area contributed by atoms with Crippen molar-refractivity contribution in [3.8, 4) is 0 Å². The molecule has 0 bridgehead atoms. The lowest BCUT2D eigenvalue weighted by Crippen LogP contribution is -2.50. The predicted molar refractivity (Wildman–Crippen MR) is 80.0 cm³/mol. The van der Waals surface area contributed by atoms with Gasteiger partial charge in [-0.05, 0) is 18.8 Å². The first-order valence-electron chi connectivity index (χ1n) is 7.76. The van der Waals surface area contributed by atoms with Crippen LogP contribution in [0.25, 0.3) is 0 Å². The molecule has 1 heterocycles. The largest absolute Gasteiger partial charge is 0.369 e. The topological polar surface area (TPSA) is 75.4 Å². The molecule has 1 fully saturated rings. The molecule has 2 unspecified atom stereocenters. The molecule has 0 spiro atoms. The van der Waals surface area contributed by atoms with Crippen molar-refractivity contribution in [2.45, 2.75) is 40.0 Å². The molecule has 1 aliphatic heterocycles. The highest BCUT2D eigenvalue weighted by molar-refractivity contribution is 5.87. The first-order chi connectivity index (χ1) is 9.47. The van der Waals surface area contributed by atoms with E-state index in [0.29, 0.717) is 12.3 Å². The molecular formula is C15H29N3O2. The van der Waals surface area contributed by atoms with E-state index in [9.17, 15) is 9.59 Å². The van der Waals surface area contributed by atoms with Gasteiger partial charge in [0.2, 0.25) is 11.8 Å². The third kappa shape index (κ3) is 4.78. The van der Waals surface area contributed by atoms with Crippen LogP contribution in [0.4, 0.5) is 0 Å². The van der Waals surface area contributed by atoms with Crippen LogP contribution in [-0.4, -0.2) is 42.9 Å². The maximum Gasteiger partial charge on any atom is 0.226 e. The standard InChI is InChI=1S/C15H29N3O2/c1-4-5-12(14(16)19)13(10-11(2)3)15(20)18-8-6-17-7-9-18/h11-13,17H,4-10H2,1-3H3,(H2,16,19). The minimum atomic E-state index is -0.332. The maximum atomic E-state index is 12.7. The average molecular weight is 283 g/mol. The normalized spacial score (nSPS) is 18.9. The summed E-state index contributed by atoms with van der Waals surface area (Å²) < 4.78 is 0. The number of nitrogens with zero attached hydrogens (tertiary/aromatic N) is 1. The van der Waals surface area contributed by atoms with Crippen LogP contribution in [0.3, 0.4) is 0 Å². The Balaban J connectivity index is 2.84. The number of piperazine rings is 1. The molecule has 2 amide bonds. The van der Waals surface area contributed by atoms with E-state index in [4.69, 9.17) is 5.73 Å². The Hall–Kier alpha value is -1.10. The van der Waals surface area contributed by atoms with Crippen molar-refractivity contribution in [3.63, 3.8) is 0 Å². The van der Waals surface area contributed by atoms with Crippen molar-refractivity contribution in [3.05, 3.63) is 0 Å². The molecule has 116 valence electrons. The van der Waals surface area contributed by atoms with E-state index in [0.717, 1.165) is 39.0 Å². The third-order valence-electron chi connectivity index (χ3n) is 3.92. The molecule has 0 aromatic heterocycles. The van der Waals surface area contributed by atoms with Crippen molar-refractivity contribution in [2.24, 2.45) is 23.5 Å². The number of hydrogen-bond donors (Lipinski definition) is 2. The van der Waals surface area contributed by atoms with Crippen LogP contribution < -0.4 is 11.1 Å². The Labute approximate surface area is 122 Å². The monoisotopic (exact) mass is 283 g/mol. The van der Waals surface area contributed by atoms with Crippen molar-refractivity contribution < 1.29 is 9.59 Å². The van der Waals surface area contributed by atoms with Crippen molar-refractivity contribution >= 4 is 11.8 Å². The van der Waals surface area contributed by atoms with Gasteiger partial charge in [-0.15, -0.1) is 0 Å². The van der Waals surface area contributed by atoms with Crippen LogP contribution in [0.2, 0.25) is 0 Å². The Bertz CT molecular complexity index is 325. The van der Waals surface area contributed by atoms with E-state index >= 15 is 0 Å². The minimum absolute atomic E-state index is 0.109. The van der Waals surface area contributed by atoms with Gasteiger partial charge in [-0.1, -0.05) is 27.2 Å². The van der Waals surface area contributed by atoms with Gasteiger partial charge < -0.3 is 16.0 Å². The van der Waals surface area contributed by atoms with Crippen molar-refractivity contribution in [1.82, 2.24) is 10.2 Å². The Morgan fingerprint density at radius 2 is 1.80 bits per heavy atom. The van der Waals surface area contributed by atoms with Gasteiger partial charge in [0.15, 0.2) is 0 Å². The van der Waals surface area contributed by atoms with Gasteiger partial charge in [-0.25, -0.2) is 0 Å². The average Bonchev–Trinajstić information content (AvgIpc) is 2.42. The summed E-state index contributed by atoms with van der Waals surface area (Å²) in [5, 5.41) is 3.24. The molecule has 0 aromatic rings. The number of hydrogen-bond acceptors (Lipinski definition) is 3. The first-order valence-corrected chi connectivity index (χ1v) is 7.76. The second-order valence-corrected chi connectivity index (χ2v) is 6.11. The Morgan fingerprint density at radius 1 is 1.20 bits per heavy atom. The van der Waals surface area contributed by atoms with Crippen molar-refractivity contribution in [2.75, 3.05) is 26.2 Å². The second-order valence-electron chi connectivity index (χ2n) is 6.11. The number of nitrogens with two attached hydrogens (primary N) is 1. The number of nitrogens with one attached hydrogen (secondary N) is 1. The van der Waals surface area contributed by atoms with Gasteiger partial charge in [-0.3, -0.25) is 9.59 Å². The van der Waals surface area contributed by atoms with Crippen LogP contribution in [0.15, 0.2) is 0 Å². The van der Waals surface area contributed by atoms with E-state index in [1.807, 2.05) is 11.8 Å². The first kappa shape index (κ1) is 17.0. The summed E-state index contributed by atoms with van der Waals surface area (Å²) in [5.74, 6) is -0.431. The second kappa shape index (κ2) is 8.25. The van der Waals surface area contributed by atoms with Crippen molar-refractivity contribution in [1.29, 1.82) is 0 Å². The summed E-state index contributed by atoms with van der Waals surface area (Å²) in [6, 6.07) is 0. The molecule has 5 heteroatoms. The predicted octanol–water partition coefficient (Wildman–Crippen LogP) is 0.982. The number of carbonyl (C=O) groups excluding carboxylic acids is 2. The van der Waals surface area contributed by atoms with Crippen LogP contribution in [-0.2, 0) is 9.59 Å². The Morgan fingerprint density at radius 3 is 2.25 bits per heavy atom. The number of carbonyl (C=O) groups is 2. The molecule has 5 nitrogen and oxygen atoms in total. The number of amides is 2. The molecular weight excluding hydrogens is 254 g/mol. The molecule has 1 aliphatic rings. The highest BCUT2D eigenvalue weighted by atomic mass is 16.2. The summed E-state index contributed by atoms with van der Waals surface area (Å²) in [6.07, 6.45) is 2.30. The zero-order chi connectivity index (χ0) is 15.1. The van der Waals surface area contributed by atoms with Gasteiger partial charge in [0.25, 0.3) is 0 Å². The van der Waals surface area contributed by atoms with Gasteiger partial charge in [0, 0.05) is 38.0 Å². The number of primary amides is 1. The molecule has 0 radical (unpaired) electrons. The van der Waals surface area contributed by atoms with E-state index in [1.54, 1.807) is 0 Å². The van der Waals surface area contributed by atoms with Gasteiger partial charge in [0.05, 0.1) is 0 Å². The van der Waals surface area contributed by atoms with E-state index in [-0.39, 0.29) is 23.7 Å². The quantitative estimate of drug-likeness (QED) is 0.731. The summed E-state index contributed by atoms with van der Waals surface area (Å²) in [4.78, 5) is 26.4. The fourth-order valence-electron chi connectivity index (χ4n) is 2.92. The molecule has 0 saturated carbocycles. The lowest BCUT2D eigenvalue weighted by atomic mass is 9.81. The molecule has 1 saturated heterocycles. The smallest absolute Gasteiger partial charge is 0.226 e. The third-order valence-corrected chi connectivity index (χ3v) is 3.92. The molecule has 2 atom stereocenters. The van der Waals surface area contributed by atoms with Crippen LogP contribution >= 0.6 is 0 Å². The highest BCUT2D eigenvalue weighted by Crippen LogP contribution is 2.27. The molecule has 20 heavy (non-hydrogen) atoms. The summed E-state index contributed by atoms with van der Waals surface area (Å²) in [5.41, 5.74) is 5.54. The zero-order valence-corrected chi connectivity index (χ0v) is 13.0. The fraction of sp³-hybridized carbons (Fsp3) is 0.867. The number of rotatable bonds is 7. The summed E-state index contributed by atoms with van der Waals surface area (Å²) >= 11 is 0. The maximum absolute atomic E-state index is 12.7. The van der Waals surface area contributed by atoms with Gasteiger partial charge in [-0.2, -0.15) is 0 Å². The SMILES string of the molecule is CCCC(C(N)=O)C(CC(C)C)C(=O)N1CCNCC1. The molecule has 1 rings (SSSR count). The fourth-order valence-corrected chi connectivity index (χ4v) is 2.92. The zero-order valence-electron chi connectivity index (χ0n) is 13.0. The molecule has 0 aliphatic carbocycles. The highest BCUT2D eigenvalue weighted by Gasteiger charge is 2.35. The minimum Gasteiger partial charge on any atom is -0.369 e. The van der Waals surface area contributed by atoms with E-state index in [1.165, 1.54) is 0 Å². The van der Waals surface area contributed by atoms with Crippen LogP contribution in [0.5, 0.6) is 0 Å². The Kier molecular flexibility index (Phi) is 6.99. The lowest BCUT2D eigenvalue weighted by molar-refractivity contribution is -0.142. The lowest BCUT2D eigenvalue weighted by Gasteiger charge is -2.34. The molecule has 0 aromatic carbocycles. The summed E-state index contributed by atoms with van der Waals surface area (Å²) in [7, 11) is 0. The van der Waals surface area contributed by atoms with E-state index < -0.39 is 0 Å². The van der Waals surface area contributed by atoms with Gasteiger partial charge in [0.1, 0.15) is 0 Å². The van der Waals surface area contributed by atoms with Crippen LogP contribution in [0.1, 0.15) is 40.0 Å². The summed E-state index contributed by atoms with van der Waals surface area (Å²) in [6.45, 7) is 9.31. The van der Waals surface area contributed by atoms with Crippen LogP contribution in [0, 0.1) is 17.8 Å².